The molecule has 124 valence electrons. The molecule has 0 bridgehead atoms. The van der Waals surface area contributed by atoms with Gasteiger partial charge in [-0.1, -0.05) is 23.4 Å². The Labute approximate surface area is 140 Å². The summed E-state index contributed by atoms with van der Waals surface area (Å²) in [4.78, 5) is 8.58. The van der Waals surface area contributed by atoms with Crippen molar-refractivity contribution in [1.29, 1.82) is 0 Å². The van der Waals surface area contributed by atoms with E-state index in [2.05, 4.69) is 31.8 Å². The van der Waals surface area contributed by atoms with Crippen molar-refractivity contribution >= 4 is 17.6 Å². The predicted octanol–water partition coefficient (Wildman–Crippen LogP) is 3.18. The number of aromatic nitrogens is 3. The third kappa shape index (κ3) is 4.01. The van der Waals surface area contributed by atoms with Crippen LogP contribution in [-0.4, -0.2) is 28.8 Å². The molecule has 0 saturated carbocycles. The summed E-state index contributed by atoms with van der Waals surface area (Å²) in [5.41, 5.74) is 1.15. The Hall–Kier alpha value is -3.09. The largest absolute Gasteiger partial charge is 0.496 e. The van der Waals surface area contributed by atoms with E-state index in [1.165, 1.54) is 0 Å². The highest BCUT2D eigenvalue weighted by Gasteiger charge is 2.05. The van der Waals surface area contributed by atoms with Crippen molar-refractivity contribution in [2.75, 3.05) is 24.3 Å². The molecule has 1 aromatic carbocycles. The lowest BCUT2D eigenvalue weighted by atomic mass is 10.1. The molecule has 0 aliphatic rings. The summed E-state index contributed by atoms with van der Waals surface area (Å²) < 4.78 is 10.4. The van der Waals surface area contributed by atoms with Crippen LogP contribution in [0.25, 0.3) is 0 Å². The normalized spacial score (nSPS) is 10.4. The molecule has 2 heterocycles. The van der Waals surface area contributed by atoms with Gasteiger partial charge in [0.1, 0.15) is 17.3 Å². The van der Waals surface area contributed by atoms with E-state index in [0.29, 0.717) is 11.8 Å². The average Bonchev–Trinajstić information content (AvgIpc) is 3.00. The van der Waals surface area contributed by atoms with Crippen LogP contribution in [0.2, 0.25) is 0 Å². The molecule has 7 nitrogen and oxygen atoms in total. The highest BCUT2D eigenvalue weighted by atomic mass is 16.5. The van der Waals surface area contributed by atoms with Gasteiger partial charge >= 0.3 is 0 Å². The van der Waals surface area contributed by atoms with Crippen molar-refractivity contribution < 1.29 is 9.26 Å². The zero-order valence-electron chi connectivity index (χ0n) is 13.6. The highest BCUT2D eigenvalue weighted by molar-refractivity contribution is 5.50. The van der Waals surface area contributed by atoms with Gasteiger partial charge in [-0.2, -0.15) is 4.98 Å². The summed E-state index contributed by atoms with van der Waals surface area (Å²) in [6.07, 6.45) is 2.52. The Kier molecular flexibility index (Phi) is 4.90. The molecular weight excluding hydrogens is 306 g/mol. The molecule has 2 aromatic heterocycles. The minimum atomic E-state index is 0.464. The minimum Gasteiger partial charge on any atom is -0.496 e. The van der Waals surface area contributed by atoms with Crippen molar-refractivity contribution in [3.05, 3.63) is 53.9 Å². The Morgan fingerprint density at radius 3 is 2.83 bits per heavy atom. The van der Waals surface area contributed by atoms with Gasteiger partial charge in [0.05, 0.1) is 7.11 Å². The molecular formula is C17H19N5O2. The first-order valence-corrected chi connectivity index (χ1v) is 7.64. The Morgan fingerprint density at radius 2 is 2.04 bits per heavy atom. The molecule has 3 aromatic rings. The van der Waals surface area contributed by atoms with Gasteiger partial charge in [-0.25, -0.2) is 4.98 Å². The lowest BCUT2D eigenvalue weighted by Crippen LogP contribution is -2.08. The van der Waals surface area contributed by atoms with Gasteiger partial charge in [0, 0.05) is 18.8 Å². The van der Waals surface area contributed by atoms with Crippen molar-refractivity contribution in [2.45, 2.75) is 13.3 Å². The van der Waals surface area contributed by atoms with E-state index in [-0.39, 0.29) is 0 Å². The fraction of sp³-hybridized carbons (Fsp3) is 0.235. The second-order valence-electron chi connectivity index (χ2n) is 5.20. The lowest BCUT2D eigenvalue weighted by molar-refractivity contribution is 0.400. The Bertz CT molecular complexity index is 803. The SMILES string of the molecule is COc1ccccc1CCNc1ccnc(Nc2cc(C)on2)n1. The van der Waals surface area contributed by atoms with Crippen LogP contribution >= 0.6 is 0 Å². The number of nitrogens with one attached hydrogen (secondary N) is 2. The molecule has 0 atom stereocenters. The Morgan fingerprint density at radius 1 is 1.17 bits per heavy atom. The van der Waals surface area contributed by atoms with Crippen LogP contribution in [0.4, 0.5) is 17.6 Å². The van der Waals surface area contributed by atoms with Crippen LogP contribution < -0.4 is 15.4 Å². The van der Waals surface area contributed by atoms with Crippen LogP contribution in [0.5, 0.6) is 5.75 Å². The summed E-state index contributed by atoms with van der Waals surface area (Å²) in [6.45, 7) is 2.56. The molecule has 0 amide bonds. The number of aryl methyl sites for hydroxylation is 1. The van der Waals surface area contributed by atoms with E-state index < -0.39 is 0 Å². The quantitative estimate of drug-likeness (QED) is 0.690. The van der Waals surface area contributed by atoms with E-state index in [1.54, 1.807) is 19.4 Å². The molecule has 0 saturated heterocycles. The van der Waals surface area contributed by atoms with E-state index in [9.17, 15) is 0 Å². The van der Waals surface area contributed by atoms with Crippen LogP contribution in [-0.2, 0) is 6.42 Å². The first kappa shape index (κ1) is 15.8. The third-order valence-corrected chi connectivity index (χ3v) is 3.42. The van der Waals surface area contributed by atoms with Crippen molar-refractivity contribution in [3.8, 4) is 5.75 Å². The molecule has 0 unspecified atom stereocenters. The zero-order valence-corrected chi connectivity index (χ0v) is 13.6. The Balaban J connectivity index is 1.58. The van der Waals surface area contributed by atoms with E-state index in [1.807, 2.05) is 31.2 Å². The van der Waals surface area contributed by atoms with Gasteiger partial charge in [-0.3, -0.25) is 0 Å². The maximum atomic E-state index is 5.36. The molecule has 3 rings (SSSR count). The molecule has 2 N–H and O–H groups in total. The first-order chi connectivity index (χ1) is 11.7. The van der Waals surface area contributed by atoms with Gasteiger partial charge in [0.15, 0.2) is 5.82 Å². The first-order valence-electron chi connectivity index (χ1n) is 7.64. The number of methoxy groups -OCH3 is 1. The number of para-hydroxylation sites is 1. The number of rotatable bonds is 7. The van der Waals surface area contributed by atoms with Gasteiger partial charge in [-0.15, -0.1) is 0 Å². The van der Waals surface area contributed by atoms with Gasteiger partial charge in [0.25, 0.3) is 0 Å². The molecule has 0 aliphatic heterocycles. The van der Waals surface area contributed by atoms with Crippen LogP contribution in [0.3, 0.4) is 0 Å². The predicted molar refractivity (Wildman–Crippen MR) is 91.7 cm³/mol. The fourth-order valence-corrected chi connectivity index (χ4v) is 2.29. The van der Waals surface area contributed by atoms with Crippen molar-refractivity contribution in [3.63, 3.8) is 0 Å². The third-order valence-electron chi connectivity index (χ3n) is 3.42. The highest BCUT2D eigenvalue weighted by Crippen LogP contribution is 2.18. The number of hydrogen-bond donors (Lipinski definition) is 2. The molecule has 0 aliphatic carbocycles. The summed E-state index contributed by atoms with van der Waals surface area (Å²) in [5.74, 6) is 3.40. The number of anilines is 3. The van der Waals surface area contributed by atoms with Crippen LogP contribution in [0.15, 0.2) is 47.1 Å². The molecule has 0 spiro atoms. The monoisotopic (exact) mass is 325 g/mol. The standard InChI is InChI=1S/C17H19N5O2/c1-12-11-16(22-24-12)21-17-19-10-8-15(20-17)18-9-7-13-5-3-4-6-14(13)23-2/h3-6,8,10-11H,7,9H2,1-2H3,(H2,18,19,20,21,22). The van der Waals surface area contributed by atoms with E-state index >= 15 is 0 Å². The molecule has 24 heavy (non-hydrogen) atoms. The summed E-state index contributed by atoms with van der Waals surface area (Å²) in [6, 6.07) is 11.6. The summed E-state index contributed by atoms with van der Waals surface area (Å²) >= 11 is 0. The molecule has 0 radical (unpaired) electrons. The lowest BCUT2D eigenvalue weighted by Gasteiger charge is -2.10. The number of hydrogen-bond acceptors (Lipinski definition) is 7. The zero-order chi connectivity index (χ0) is 16.8. The van der Waals surface area contributed by atoms with Gasteiger partial charge < -0.3 is 19.9 Å². The van der Waals surface area contributed by atoms with E-state index in [4.69, 9.17) is 9.26 Å². The van der Waals surface area contributed by atoms with Crippen molar-refractivity contribution in [2.24, 2.45) is 0 Å². The molecule has 0 fully saturated rings. The summed E-state index contributed by atoms with van der Waals surface area (Å²) in [5, 5.41) is 10.2. The average molecular weight is 325 g/mol. The van der Waals surface area contributed by atoms with Gasteiger partial charge in [-0.05, 0) is 31.0 Å². The van der Waals surface area contributed by atoms with E-state index in [0.717, 1.165) is 35.9 Å². The molecule has 7 heteroatoms. The number of nitrogens with zero attached hydrogens (tertiary/aromatic N) is 3. The fourth-order valence-electron chi connectivity index (χ4n) is 2.29. The van der Waals surface area contributed by atoms with Crippen molar-refractivity contribution in [1.82, 2.24) is 15.1 Å². The second-order valence-corrected chi connectivity index (χ2v) is 5.20. The van der Waals surface area contributed by atoms with Crippen LogP contribution in [0.1, 0.15) is 11.3 Å². The maximum absolute atomic E-state index is 5.36. The summed E-state index contributed by atoms with van der Waals surface area (Å²) in [7, 11) is 1.68. The van der Waals surface area contributed by atoms with Crippen LogP contribution in [0, 0.1) is 6.92 Å². The maximum Gasteiger partial charge on any atom is 0.230 e. The minimum absolute atomic E-state index is 0.464. The van der Waals surface area contributed by atoms with Gasteiger partial charge in [0.2, 0.25) is 5.95 Å². The number of ether oxygens (including phenoxy) is 1. The topological polar surface area (TPSA) is 85.1 Å². The number of benzene rings is 1. The smallest absolute Gasteiger partial charge is 0.230 e. The second kappa shape index (κ2) is 7.45.